The fraction of sp³-hybridized carbons (Fsp3) is 0.231. The molecule has 0 bridgehead atoms. The molecule has 0 aromatic carbocycles. The minimum atomic E-state index is -1.19. The van der Waals surface area contributed by atoms with E-state index in [0.717, 1.165) is 0 Å². The van der Waals surface area contributed by atoms with E-state index in [1.807, 2.05) is 6.92 Å². The van der Waals surface area contributed by atoms with E-state index in [0.29, 0.717) is 12.2 Å². The number of nitrogens with zero attached hydrogens (tertiary/aromatic N) is 2. The van der Waals surface area contributed by atoms with Gasteiger partial charge in [0.25, 0.3) is 5.91 Å². The number of carboxylic acid groups (broad SMARTS) is 1. The summed E-state index contributed by atoms with van der Waals surface area (Å²) in [6, 6.07) is 2.50. The zero-order valence-corrected chi connectivity index (χ0v) is 10.8. The molecule has 7 heteroatoms. The van der Waals surface area contributed by atoms with E-state index in [9.17, 15) is 9.59 Å². The Morgan fingerprint density at radius 2 is 2.20 bits per heavy atom. The van der Waals surface area contributed by atoms with Gasteiger partial charge in [-0.2, -0.15) is 0 Å². The monoisotopic (exact) mass is 274 g/mol. The summed E-state index contributed by atoms with van der Waals surface area (Å²) in [5.41, 5.74) is -0.232. The maximum atomic E-state index is 12.2. The second-order valence-corrected chi connectivity index (χ2v) is 4.11. The van der Waals surface area contributed by atoms with Crippen molar-refractivity contribution < 1.29 is 14.7 Å². The summed E-state index contributed by atoms with van der Waals surface area (Å²) < 4.78 is 0. The molecular weight excluding hydrogens is 260 g/mol. The normalized spacial score (nSPS) is 11.8. The van der Waals surface area contributed by atoms with E-state index in [2.05, 4.69) is 20.3 Å². The molecule has 0 aliphatic heterocycles. The molecule has 1 unspecified atom stereocenters. The first-order chi connectivity index (χ1) is 9.63. The van der Waals surface area contributed by atoms with Crippen LogP contribution in [0.2, 0.25) is 0 Å². The molecule has 0 aliphatic carbocycles. The summed E-state index contributed by atoms with van der Waals surface area (Å²) in [5, 5.41) is 11.8. The lowest BCUT2D eigenvalue weighted by Crippen LogP contribution is -2.31. The number of carboxylic acids is 1. The van der Waals surface area contributed by atoms with Gasteiger partial charge in [0.15, 0.2) is 0 Å². The van der Waals surface area contributed by atoms with Crippen molar-refractivity contribution >= 4 is 11.9 Å². The van der Waals surface area contributed by atoms with Crippen LogP contribution in [0.15, 0.2) is 30.7 Å². The number of carbonyl (C=O) groups excluding carboxylic acids is 1. The molecule has 0 saturated heterocycles. The molecule has 0 radical (unpaired) electrons. The second kappa shape index (κ2) is 5.96. The number of imidazole rings is 1. The molecule has 1 atom stereocenters. The third-order valence-electron chi connectivity index (χ3n) is 2.82. The third kappa shape index (κ3) is 2.82. The SMILES string of the molecule is CCC(NC(=O)c1ncccc1C(=O)O)c1ncc[nH]1. The number of hydrogen-bond donors (Lipinski definition) is 3. The molecule has 2 aromatic heterocycles. The van der Waals surface area contributed by atoms with Crippen LogP contribution in [0.5, 0.6) is 0 Å². The van der Waals surface area contributed by atoms with Crippen LogP contribution in [0.3, 0.4) is 0 Å². The molecule has 7 nitrogen and oxygen atoms in total. The lowest BCUT2D eigenvalue weighted by atomic mass is 10.1. The first-order valence-corrected chi connectivity index (χ1v) is 6.12. The second-order valence-electron chi connectivity index (χ2n) is 4.11. The van der Waals surface area contributed by atoms with Crippen LogP contribution in [-0.4, -0.2) is 31.9 Å². The zero-order chi connectivity index (χ0) is 14.5. The van der Waals surface area contributed by atoms with Gasteiger partial charge in [-0.1, -0.05) is 6.92 Å². The van der Waals surface area contributed by atoms with Gasteiger partial charge in [-0.15, -0.1) is 0 Å². The van der Waals surface area contributed by atoms with Crippen molar-refractivity contribution in [3.63, 3.8) is 0 Å². The summed E-state index contributed by atoms with van der Waals surface area (Å²) >= 11 is 0. The highest BCUT2D eigenvalue weighted by atomic mass is 16.4. The van der Waals surface area contributed by atoms with Gasteiger partial charge >= 0.3 is 5.97 Å². The molecule has 0 aliphatic rings. The first kappa shape index (κ1) is 13.7. The largest absolute Gasteiger partial charge is 0.478 e. The lowest BCUT2D eigenvalue weighted by molar-refractivity contribution is 0.0689. The summed E-state index contributed by atoms with van der Waals surface area (Å²) in [5.74, 6) is -1.10. The number of H-pyrrole nitrogens is 1. The van der Waals surface area contributed by atoms with Crippen molar-refractivity contribution in [3.05, 3.63) is 47.8 Å². The van der Waals surface area contributed by atoms with E-state index < -0.39 is 11.9 Å². The van der Waals surface area contributed by atoms with Gasteiger partial charge in [0.1, 0.15) is 11.5 Å². The lowest BCUT2D eigenvalue weighted by Gasteiger charge is -2.14. The molecule has 20 heavy (non-hydrogen) atoms. The average molecular weight is 274 g/mol. The minimum Gasteiger partial charge on any atom is -0.478 e. The standard InChI is InChI=1S/C13H14N4O3/c1-2-9(11-15-6-7-16-11)17-12(18)10-8(13(19)20)4-3-5-14-10/h3-7,9H,2H2,1H3,(H,15,16)(H,17,18)(H,19,20). The number of amides is 1. The fourth-order valence-electron chi connectivity index (χ4n) is 1.82. The van der Waals surface area contributed by atoms with Gasteiger partial charge in [-0.05, 0) is 18.6 Å². The van der Waals surface area contributed by atoms with Gasteiger partial charge in [-0.3, -0.25) is 9.78 Å². The molecule has 3 N–H and O–H groups in total. The molecule has 2 aromatic rings. The molecule has 0 spiro atoms. The summed E-state index contributed by atoms with van der Waals surface area (Å²) in [6.45, 7) is 1.89. The highest BCUT2D eigenvalue weighted by Crippen LogP contribution is 2.13. The van der Waals surface area contributed by atoms with Gasteiger partial charge < -0.3 is 15.4 Å². The number of carbonyl (C=O) groups is 2. The Labute approximate surface area is 115 Å². The molecule has 0 saturated carbocycles. The van der Waals surface area contributed by atoms with Crippen LogP contribution in [0, 0.1) is 0 Å². The Bertz CT molecular complexity index is 610. The van der Waals surface area contributed by atoms with E-state index in [1.165, 1.54) is 18.3 Å². The fourth-order valence-corrected chi connectivity index (χ4v) is 1.82. The van der Waals surface area contributed by atoms with E-state index in [1.54, 1.807) is 12.4 Å². The van der Waals surface area contributed by atoms with Crippen LogP contribution >= 0.6 is 0 Å². The molecular formula is C13H14N4O3. The topological polar surface area (TPSA) is 108 Å². The van der Waals surface area contributed by atoms with Crippen molar-refractivity contribution in [2.24, 2.45) is 0 Å². The van der Waals surface area contributed by atoms with Gasteiger partial charge in [0.05, 0.1) is 11.6 Å². The number of pyridine rings is 1. The van der Waals surface area contributed by atoms with Gasteiger partial charge in [-0.25, -0.2) is 9.78 Å². The average Bonchev–Trinajstić information content (AvgIpc) is 2.98. The highest BCUT2D eigenvalue weighted by Gasteiger charge is 2.21. The van der Waals surface area contributed by atoms with Crippen molar-refractivity contribution in [3.8, 4) is 0 Å². The van der Waals surface area contributed by atoms with Crippen LogP contribution in [0.25, 0.3) is 0 Å². The van der Waals surface area contributed by atoms with Crippen molar-refractivity contribution in [1.82, 2.24) is 20.3 Å². The molecule has 1 amide bonds. The van der Waals surface area contributed by atoms with Crippen LogP contribution in [0.4, 0.5) is 0 Å². The molecule has 104 valence electrons. The van der Waals surface area contributed by atoms with Crippen molar-refractivity contribution in [2.75, 3.05) is 0 Å². The van der Waals surface area contributed by atoms with E-state index >= 15 is 0 Å². The Morgan fingerprint density at radius 1 is 1.40 bits per heavy atom. The molecule has 0 fully saturated rings. The quantitative estimate of drug-likeness (QED) is 0.763. The molecule has 2 heterocycles. The van der Waals surface area contributed by atoms with Crippen molar-refractivity contribution in [2.45, 2.75) is 19.4 Å². The molecule has 2 rings (SSSR count). The minimum absolute atomic E-state index is 0.106. The van der Waals surface area contributed by atoms with Gasteiger partial charge in [0.2, 0.25) is 0 Å². The van der Waals surface area contributed by atoms with Gasteiger partial charge in [0, 0.05) is 18.6 Å². The number of aromatic amines is 1. The summed E-state index contributed by atoms with van der Waals surface area (Å²) in [4.78, 5) is 34.1. The van der Waals surface area contributed by atoms with Crippen molar-refractivity contribution in [1.29, 1.82) is 0 Å². The first-order valence-electron chi connectivity index (χ1n) is 6.12. The smallest absolute Gasteiger partial charge is 0.338 e. The number of aromatic nitrogens is 3. The van der Waals surface area contributed by atoms with Crippen LogP contribution in [0.1, 0.15) is 46.1 Å². The van der Waals surface area contributed by atoms with Crippen LogP contribution in [-0.2, 0) is 0 Å². The summed E-state index contributed by atoms with van der Waals surface area (Å²) in [6.07, 6.45) is 5.25. The zero-order valence-electron chi connectivity index (χ0n) is 10.8. The predicted molar refractivity (Wildman–Crippen MR) is 70.3 cm³/mol. The Kier molecular flexibility index (Phi) is 4.09. The number of rotatable bonds is 5. The van der Waals surface area contributed by atoms with E-state index in [-0.39, 0.29) is 17.3 Å². The number of aromatic carboxylic acids is 1. The summed E-state index contributed by atoms with van der Waals surface area (Å²) in [7, 11) is 0. The number of hydrogen-bond acceptors (Lipinski definition) is 4. The maximum Gasteiger partial charge on any atom is 0.338 e. The highest BCUT2D eigenvalue weighted by molar-refractivity contribution is 6.03. The Hall–Kier alpha value is -2.70. The maximum absolute atomic E-state index is 12.2. The van der Waals surface area contributed by atoms with Crippen LogP contribution < -0.4 is 5.32 Å². The number of nitrogens with one attached hydrogen (secondary N) is 2. The third-order valence-corrected chi connectivity index (χ3v) is 2.82. The predicted octanol–water partition coefficient (Wildman–Crippen LogP) is 1.38. The van der Waals surface area contributed by atoms with E-state index in [4.69, 9.17) is 5.11 Å². The Morgan fingerprint density at radius 3 is 2.80 bits per heavy atom. The Balaban J connectivity index is 2.22.